The van der Waals surface area contributed by atoms with E-state index in [9.17, 15) is 4.79 Å². The number of benzene rings is 2. The van der Waals surface area contributed by atoms with Gasteiger partial charge in [0.25, 0.3) is 0 Å². The summed E-state index contributed by atoms with van der Waals surface area (Å²) in [4.78, 5) is 19.4. The molecule has 0 spiro atoms. The minimum absolute atomic E-state index is 0.277. The first kappa shape index (κ1) is 27.8. The number of carbonyl (C=O) groups excluding carboxylic acids is 1. The number of fused-ring (bicyclic) bond motifs is 1. The largest absolute Gasteiger partial charge is 0.489 e. The molecule has 1 saturated carbocycles. The molecular weight excluding hydrogens is 549 g/mol. The normalized spacial score (nSPS) is 12.9. The van der Waals surface area contributed by atoms with Gasteiger partial charge in [-0.3, -0.25) is 9.78 Å². The second-order valence-corrected chi connectivity index (χ2v) is 10.3. The SMILES string of the molecule is COC.O=Cc1ccc2cc(-c3ccc(OCc4c(-c5c(Cl)cncc5Cl)noc4C4CCC4)cc3)ccc2n1. The van der Waals surface area contributed by atoms with Gasteiger partial charge < -0.3 is 14.0 Å². The van der Waals surface area contributed by atoms with Gasteiger partial charge in [-0.2, -0.15) is 0 Å². The van der Waals surface area contributed by atoms with Crippen LogP contribution in [-0.2, 0) is 11.3 Å². The first-order valence-corrected chi connectivity index (χ1v) is 13.5. The van der Waals surface area contributed by atoms with Crippen LogP contribution in [0.1, 0.15) is 47.0 Å². The van der Waals surface area contributed by atoms with Crippen LogP contribution in [0.2, 0.25) is 10.0 Å². The van der Waals surface area contributed by atoms with Crippen LogP contribution < -0.4 is 4.74 Å². The van der Waals surface area contributed by atoms with Crippen LogP contribution in [0.3, 0.4) is 0 Å². The van der Waals surface area contributed by atoms with Gasteiger partial charge in [0.15, 0.2) is 6.29 Å². The van der Waals surface area contributed by atoms with Crippen molar-refractivity contribution >= 4 is 40.4 Å². The molecule has 5 aromatic rings. The Labute approximate surface area is 242 Å². The van der Waals surface area contributed by atoms with Crippen LogP contribution in [0.15, 0.2) is 71.5 Å². The maximum Gasteiger partial charge on any atom is 0.168 e. The fraction of sp³-hybridized carbons (Fsp3) is 0.226. The monoisotopic (exact) mass is 575 g/mol. The molecule has 0 aliphatic heterocycles. The predicted octanol–water partition coefficient (Wildman–Crippen LogP) is 8.18. The number of aldehydes is 1. The molecule has 1 aliphatic carbocycles. The van der Waals surface area contributed by atoms with Crippen molar-refractivity contribution in [2.75, 3.05) is 14.2 Å². The Hall–Kier alpha value is -3.78. The zero-order valence-corrected chi connectivity index (χ0v) is 23.6. The van der Waals surface area contributed by atoms with E-state index in [1.807, 2.05) is 42.5 Å². The number of halogens is 2. The lowest BCUT2D eigenvalue weighted by Gasteiger charge is -2.23. The average Bonchev–Trinajstić information content (AvgIpc) is 3.33. The third-order valence-corrected chi connectivity index (χ3v) is 7.36. The first-order chi connectivity index (χ1) is 19.5. The van der Waals surface area contributed by atoms with Gasteiger partial charge in [-0.25, -0.2) is 4.98 Å². The van der Waals surface area contributed by atoms with Gasteiger partial charge in [-0.1, -0.05) is 59.0 Å². The molecule has 0 saturated heterocycles. The molecule has 0 radical (unpaired) electrons. The molecule has 0 atom stereocenters. The summed E-state index contributed by atoms with van der Waals surface area (Å²) in [5, 5.41) is 6.14. The lowest BCUT2D eigenvalue weighted by atomic mass is 9.81. The molecule has 7 nitrogen and oxygen atoms in total. The van der Waals surface area contributed by atoms with Crippen LogP contribution >= 0.6 is 23.2 Å². The number of aromatic nitrogens is 3. The summed E-state index contributed by atoms with van der Waals surface area (Å²) in [6.07, 6.45) is 7.14. The highest BCUT2D eigenvalue weighted by Crippen LogP contribution is 2.43. The van der Waals surface area contributed by atoms with Gasteiger partial charge in [0, 0.05) is 43.5 Å². The zero-order chi connectivity index (χ0) is 28.1. The highest BCUT2D eigenvalue weighted by Gasteiger charge is 2.30. The van der Waals surface area contributed by atoms with Crippen LogP contribution in [0, 0.1) is 0 Å². The molecule has 3 heterocycles. The number of carbonyl (C=O) groups is 1. The van der Waals surface area contributed by atoms with Crippen molar-refractivity contribution in [1.29, 1.82) is 0 Å². The third-order valence-electron chi connectivity index (χ3n) is 6.79. The van der Waals surface area contributed by atoms with Crippen molar-refractivity contribution in [3.05, 3.63) is 94.1 Å². The Bertz CT molecular complexity index is 1610. The van der Waals surface area contributed by atoms with E-state index in [1.54, 1.807) is 32.7 Å². The lowest BCUT2D eigenvalue weighted by Crippen LogP contribution is -2.11. The summed E-state index contributed by atoms with van der Waals surface area (Å²) in [5.74, 6) is 1.89. The molecule has 0 N–H and O–H groups in total. The molecular formula is C31H27Cl2N3O4. The number of hydrogen-bond donors (Lipinski definition) is 0. The fourth-order valence-corrected chi connectivity index (χ4v) is 5.12. The van der Waals surface area contributed by atoms with Gasteiger partial charge in [0.2, 0.25) is 0 Å². The standard InChI is InChI=1S/C29H21Cl2N3O3.C2H6O/c30-24-13-32-14-25(31)27(24)28-23(29(37-34-28)18-2-1-3-18)16-36-22-9-5-17(6-10-22)19-7-11-26-20(12-19)4-8-21(15-35)33-26;1-3-2/h4-15,18H,1-3,16H2;1-2H3. The summed E-state index contributed by atoms with van der Waals surface area (Å²) >= 11 is 12.9. The van der Waals surface area contributed by atoms with Crippen molar-refractivity contribution in [2.24, 2.45) is 0 Å². The van der Waals surface area contributed by atoms with Crippen molar-refractivity contribution in [3.63, 3.8) is 0 Å². The Kier molecular flexibility index (Phi) is 8.75. The van der Waals surface area contributed by atoms with E-state index in [1.165, 1.54) is 6.42 Å². The summed E-state index contributed by atoms with van der Waals surface area (Å²) in [7, 11) is 3.25. The van der Waals surface area contributed by atoms with Crippen LogP contribution in [-0.4, -0.2) is 35.6 Å². The number of pyridine rings is 2. The number of nitrogens with zero attached hydrogens (tertiary/aromatic N) is 3. The van der Waals surface area contributed by atoms with Crippen LogP contribution in [0.25, 0.3) is 33.3 Å². The molecule has 2 aromatic carbocycles. The quantitative estimate of drug-likeness (QED) is 0.181. The Morgan fingerprint density at radius 2 is 1.68 bits per heavy atom. The molecule has 0 unspecified atom stereocenters. The Morgan fingerprint density at radius 3 is 2.33 bits per heavy atom. The molecule has 40 heavy (non-hydrogen) atoms. The first-order valence-electron chi connectivity index (χ1n) is 12.8. The van der Waals surface area contributed by atoms with Gasteiger partial charge >= 0.3 is 0 Å². The molecule has 0 bridgehead atoms. The number of ether oxygens (including phenoxy) is 2. The van der Waals surface area contributed by atoms with Gasteiger partial charge in [-0.05, 0) is 54.3 Å². The van der Waals surface area contributed by atoms with E-state index >= 15 is 0 Å². The average molecular weight is 576 g/mol. The van der Waals surface area contributed by atoms with Crippen LogP contribution in [0.4, 0.5) is 0 Å². The van der Waals surface area contributed by atoms with E-state index in [0.717, 1.165) is 58.2 Å². The Balaban J connectivity index is 0.00000103. The Morgan fingerprint density at radius 1 is 0.975 bits per heavy atom. The van der Waals surface area contributed by atoms with E-state index in [-0.39, 0.29) is 6.61 Å². The molecule has 1 aliphatic rings. The van der Waals surface area contributed by atoms with Crippen molar-refractivity contribution in [1.82, 2.24) is 15.1 Å². The summed E-state index contributed by atoms with van der Waals surface area (Å²) in [6.45, 7) is 0.277. The number of hydrogen-bond acceptors (Lipinski definition) is 7. The summed E-state index contributed by atoms with van der Waals surface area (Å²) in [5.41, 5.74) is 5.37. The smallest absolute Gasteiger partial charge is 0.168 e. The van der Waals surface area contributed by atoms with Crippen molar-refractivity contribution in [2.45, 2.75) is 31.8 Å². The van der Waals surface area contributed by atoms with E-state index in [4.69, 9.17) is 32.5 Å². The maximum absolute atomic E-state index is 11.0. The van der Waals surface area contributed by atoms with E-state index in [0.29, 0.717) is 32.9 Å². The van der Waals surface area contributed by atoms with E-state index < -0.39 is 0 Å². The predicted molar refractivity (Wildman–Crippen MR) is 156 cm³/mol. The lowest BCUT2D eigenvalue weighted by molar-refractivity contribution is 0.111. The van der Waals surface area contributed by atoms with Crippen molar-refractivity contribution in [3.8, 4) is 28.1 Å². The third kappa shape index (κ3) is 5.87. The van der Waals surface area contributed by atoms with Gasteiger partial charge in [-0.15, -0.1) is 0 Å². The highest BCUT2D eigenvalue weighted by atomic mass is 35.5. The molecule has 3 aromatic heterocycles. The zero-order valence-electron chi connectivity index (χ0n) is 22.1. The van der Waals surface area contributed by atoms with Crippen LogP contribution in [0.5, 0.6) is 5.75 Å². The molecule has 1 fully saturated rings. The second kappa shape index (κ2) is 12.6. The minimum Gasteiger partial charge on any atom is -0.489 e. The van der Waals surface area contributed by atoms with E-state index in [2.05, 4.69) is 25.9 Å². The summed E-state index contributed by atoms with van der Waals surface area (Å²) < 4.78 is 16.2. The minimum atomic E-state index is 0.277. The second-order valence-electron chi connectivity index (χ2n) is 9.46. The van der Waals surface area contributed by atoms with Gasteiger partial charge in [0.1, 0.15) is 29.5 Å². The number of methoxy groups -OCH3 is 1. The molecule has 9 heteroatoms. The fourth-order valence-electron chi connectivity index (χ4n) is 4.57. The molecule has 6 rings (SSSR count). The summed E-state index contributed by atoms with van der Waals surface area (Å²) in [6, 6.07) is 17.5. The highest BCUT2D eigenvalue weighted by molar-refractivity contribution is 6.38. The maximum atomic E-state index is 11.0. The van der Waals surface area contributed by atoms with Gasteiger partial charge in [0.05, 0.1) is 21.1 Å². The molecule has 0 amide bonds. The topological polar surface area (TPSA) is 87.3 Å². The van der Waals surface area contributed by atoms with Crippen molar-refractivity contribution < 1.29 is 18.8 Å². The molecule has 204 valence electrons. The number of rotatable bonds is 7.